The minimum atomic E-state index is -3.55. The van der Waals surface area contributed by atoms with Gasteiger partial charge in [-0.1, -0.05) is 34.1 Å². The number of nitrogens with one attached hydrogen (secondary N) is 1. The Balaban J connectivity index is 2.39. The molecule has 0 aromatic heterocycles. The molecule has 3 nitrogen and oxygen atoms in total. The minimum Gasteiger partial charge on any atom is -0.280 e. The standard InChI is InChI=1S/C14H14BrNO2S/c1-10-7-12(15)9-13(8-10)16-19(17,18)14-6-4-3-5-11(14)2/h3-9,16H,1-2H3. The van der Waals surface area contributed by atoms with Gasteiger partial charge in [-0.15, -0.1) is 0 Å². The van der Waals surface area contributed by atoms with Crippen LogP contribution in [0.25, 0.3) is 0 Å². The monoisotopic (exact) mass is 339 g/mol. The Hall–Kier alpha value is -1.33. The van der Waals surface area contributed by atoms with Crippen molar-refractivity contribution in [2.75, 3.05) is 4.72 Å². The molecule has 0 aliphatic carbocycles. The zero-order chi connectivity index (χ0) is 14.0. The van der Waals surface area contributed by atoms with Crippen LogP contribution in [0.5, 0.6) is 0 Å². The van der Waals surface area contributed by atoms with Gasteiger partial charge in [0.1, 0.15) is 0 Å². The summed E-state index contributed by atoms with van der Waals surface area (Å²) in [6, 6.07) is 12.4. The van der Waals surface area contributed by atoms with Crippen LogP contribution in [0.2, 0.25) is 0 Å². The van der Waals surface area contributed by atoms with E-state index in [0.29, 0.717) is 10.6 Å². The van der Waals surface area contributed by atoms with E-state index in [1.165, 1.54) is 0 Å². The van der Waals surface area contributed by atoms with E-state index in [2.05, 4.69) is 20.7 Å². The molecule has 0 atom stereocenters. The number of rotatable bonds is 3. The Kier molecular flexibility index (Phi) is 3.96. The van der Waals surface area contributed by atoms with E-state index in [-0.39, 0.29) is 0 Å². The van der Waals surface area contributed by atoms with Gasteiger partial charge in [0.05, 0.1) is 10.6 Å². The predicted molar refractivity (Wildman–Crippen MR) is 80.9 cm³/mol. The lowest BCUT2D eigenvalue weighted by Gasteiger charge is -2.11. The maximum absolute atomic E-state index is 12.3. The van der Waals surface area contributed by atoms with Gasteiger partial charge in [0.25, 0.3) is 10.0 Å². The molecule has 0 amide bonds. The third-order valence-corrected chi connectivity index (χ3v) is 4.68. The molecular formula is C14H14BrNO2S. The molecule has 0 radical (unpaired) electrons. The zero-order valence-electron chi connectivity index (χ0n) is 10.6. The summed E-state index contributed by atoms with van der Waals surface area (Å²) in [5.41, 5.74) is 2.26. The lowest BCUT2D eigenvalue weighted by atomic mass is 10.2. The molecule has 0 spiro atoms. The first kappa shape index (κ1) is 14.1. The predicted octanol–water partition coefficient (Wildman–Crippen LogP) is 3.87. The van der Waals surface area contributed by atoms with Crippen molar-refractivity contribution in [3.05, 3.63) is 58.1 Å². The van der Waals surface area contributed by atoms with E-state index in [1.807, 2.05) is 19.1 Å². The van der Waals surface area contributed by atoms with Gasteiger partial charge in [0.15, 0.2) is 0 Å². The molecular weight excluding hydrogens is 326 g/mol. The second kappa shape index (κ2) is 5.35. The summed E-state index contributed by atoms with van der Waals surface area (Å²) in [7, 11) is -3.55. The van der Waals surface area contributed by atoms with Crippen LogP contribution in [0, 0.1) is 13.8 Å². The summed E-state index contributed by atoms with van der Waals surface area (Å²) in [4.78, 5) is 0.299. The van der Waals surface area contributed by atoms with Crippen molar-refractivity contribution in [2.45, 2.75) is 18.7 Å². The molecule has 0 saturated carbocycles. The van der Waals surface area contributed by atoms with E-state index in [4.69, 9.17) is 0 Å². The third-order valence-electron chi connectivity index (χ3n) is 2.68. The van der Waals surface area contributed by atoms with E-state index in [1.54, 1.807) is 37.3 Å². The van der Waals surface area contributed by atoms with Crippen molar-refractivity contribution in [1.29, 1.82) is 0 Å². The maximum Gasteiger partial charge on any atom is 0.262 e. The molecule has 5 heteroatoms. The van der Waals surface area contributed by atoms with Crippen LogP contribution in [0.3, 0.4) is 0 Å². The van der Waals surface area contributed by atoms with E-state index < -0.39 is 10.0 Å². The lowest BCUT2D eigenvalue weighted by Crippen LogP contribution is -2.14. The maximum atomic E-state index is 12.3. The molecule has 2 aromatic carbocycles. The molecule has 2 rings (SSSR count). The third kappa shape index (κ3) is 3.36. The number of hydrogen-bond donors (Lipinski definition) is 1. The lowest BCUT2D eigenvalue weighted by molar-refractivity contribution is 0.600. The summed E-state index contributed by atoms with van der Waals surface area (Å²) in [5.74, 6) is 0. The van der Waals surface area contributed by atoms with E-state index in [9.17, 15) is 8.42 Å². The first-order valence-electron chi connectivity index (χ1n) is 5.74. The van der Waals surface area contributed by atoms with Crippen molar-refractivity contribution in [3.8, 4) is 0 Å². The van der Waals surface area contributed by atoms with Crippen molar-refractivity contribution in [2.24, 2.45) is 0 Å². The summed E-state index contributed by atoms with van der Waals surface area (Å²) in [6.07, 6.45) is 0. The van der Waals surface area contributed by atoms with Gasteiger partial charge in [-0.25, -0.2) is 8.42 Å². The number of anilines is 1. The summed E-state index contributed by atoms with van der Waals surface area (Å²) in [5, 5.41) is 0. The molecule has 1 N–H and O–H groups in total. The Bertz CT molecular complexity index is 691. The van der Waals surface area contributed by atoms with Gasteiger partial charge in [0.2, 0.25) is 0 Å². The molecule has 2 aromatic rings. The molecule has 0 unspecified atom stereocenters. The fourth-order valence-electron chi connectivity index (χ4n) is 1.86. The van der Waals surface area contributed by atoms with Crippen molar-refractivity contribution >= 4 is 31.6 Å². The summed E-state index contributed by atoms with van der Waals surface area (Å²) < 4.78 is 28.1. The number of hydrogen-bond acceptors (Lipinski definition) is 2. The average Bonchev–Trinajstić information content (AvgIpc) is 2.26. The zero-order valence-corrected chi connectivity index (χ0v) is 13.0. The highest BCUT2D eigenvalue weighted by Crippen LogP contribution is 2.23. The molecule has 0 bridgehead atoms. The first-order chi connectivity index (χ1) is 8.88. The Morgan fingerprint density at radius 3 is 2.37 bits per heavy atom. The number of benzene rings is 2. The minimum absolute atomic E-state index is 0.299. The largest absolute Gasteiger partial charge is 0.280 e. The first-order valence-corrected chi connectivity index (χ1v) is 8.02. The topological polar surface area (TPSA) is 46.2 Å². The van der Waals surface area contributed by atoms with Crippen LogP contribution >= 0.6 is 15.9 Å². The highest BCUT2D eigenvalue weighted by atomic mass is 79.9. The molecule has 0 heterocycles. The van der Waals surface area contributed by atoms with Gasteiger partial charge in [0, 0.05) is 4.47 Å². The van der Waals surface area contributed by atoms with Gasteiger partial charge in [-0.3, -0.25) is 4.72 Å². The van der Waals surface area contributed by atoms with Crippen molar-refractivity contribution < 1.29 is 8.42 Å². The number of halogens is 1. The number of sulfonamides is 1. The Labute approximate surface area is 121 Å². The Morgan fingerprint density at radius 2 is 1.74 bits per heavy atom. The molecule has 19 heavy (non-hydrogen) atoms. The molecule has 0 fully saturated rings. The molecule has 0 aliphatic heterocycles. The molecule has 100 valence electrons. The van der Waals surface area contributed by atoms with Crippen LogP contribution in [-0.4, -0.2) is 8.42 Å². The van der Waals surface area contributed by atoms with Gasteiger partial charge in [-0.2, -0.15) is 0 Å². The van der Waals surface area contributed by atoms with Gasteiger partial charge in [-0.05, 0) is 49.2 Å². The average molecular weight is 340 g/mol. The smallest absolute Gasteiger partial charge is 0.262 e. The number of aryl methyl sites for hydroxylation is 2. The fourth-order valence-corrected chi connectivity index (χ4v) is 3.76. The van der Waals surface area contributed by atoms with Crippen LogP contribution in [0.15, 0.2) is 51.8 Å². The van der Waals surface area contributed by atoms with Crippen LogP contribution < -0.4 is 4.72 Å². The summed E-state index contributed by atoms with van der Waals surface area (Å²) >= 11 is 3.36. The van der Waals surface area contributed by atoms with E-state index in [0.717, 1.165) is 15.6 Å². The normalized spacial score (nSPS) is 11.3. The van der Waals surface area contributed by atoms with Crippen LogP contribution in [-0.2, 0) is 10.0 Å². The second-order valence-corrected chi connectivity index (χ2v) is 6.95. The molecule has 0 saturated heterocycles. The highest BCUT2D eigenvalue weighted by Gasteiger charge is 2.16. The Morgan fingerprint density at radius 1 is 1.05 bits per heavy atom. The van der Waals surface area contributed by atoms with Gasteiger partial charge < -0.3 is 0 Å². The quantitative estimate of drug-likeness (QED) is 0.922. The van der Waals surface area contributed by atoms with Gasteiger partial charge >= 0.3 is 0 Å². The van der Waals surface area contributed by atoms with Crippen LogP contribution in [0.1, 0.15) is 11.1 Å². The SMILES string of the molecule is Cc1cc(Br)cc(NS(=O)(=O)c2ccccc2C)c1. The van der Waals surface area contributed by atoms with E-state index >= 15 is 0 Å². The van der Waals surface area contributed by atoms with Crippen molar-refractivity contribution in [1.82, 2.24) is 0 Å². The summed E-state index contributed by atoms with van der Waals surface area (Å²) in [6.45, 7) is 3.69. The fraction of sp³-hybridized carbons (Fsp3) is 0.143. The van der Waals surface area contributed by atoms with Crippen LogP contribution in [0.4, 0.5) is 5.69 Å². The molecule has 0 aliphatic rings. The second-order valence-electron chi connectivity index (χ2n) is 4.39. The highest BCUT2D eigenvalue weighted by molar-refractivity contribution is 9.10. The van der Waals surface area contributed by atoms with Crippen molar-refractivity contribution in [3.63, 3.8) is 0 Å².